The van der Waals surface area contributed by atoms with E-state index in [1.54, 1.807) is 25.3 Å². The topological polar surface area (TPSA) is 41.5 Å². The molecule has 1 rings (SSSR count). The number of halogens is 1. The van der Waals surface area contributed by atoms with Crippen molar-refractivity contribution in [3.63, 3.8) is 0 Å². The molecule has 1 atom stereocenters. The Balaban J connectivity index is 2.46. The Labute approximate surface area is 95.0 Å². The third-order valence-corrected chi connectivity index (χ3v) is 2.43. The molecule has 0 radical (unpaired) electrons. The zero-order valence-corrected chi connectivity index (χ0v) is 9.71. The average Bonchev–Trinajstić information content (AvgIpc) is 2.23. The molecule has 1 aromatic rings. The second-order valence-electron chi connectivity index (χ2n) is 3.45. The molecule has 0 amide bonds. The molecule has 2 N–H and O–H groups in total. The predicted molar refractivity (Wildman–Crippen MR) is 61.3 cm³/mol. The Morgan fingerprint density at radius 1 is 1.53 bits per heavy atom. The van der Waals surface area contributed by atoms with E-state index < -0.39 is 0 Å². The molecule has 0 bridgehead atoms. The molecule has 0 aromatic heterocycles. The minimum atomic E-state index is 0.159. The Bertz CT molecular complexity index is 317. The summed E-state index contributed by atoms with van der Waals surface area (Å²) in [5.74, 6) is 0.261. The van der Waals surface area contributed by atoms with Crippen LogP contribution < -0.4 is 5.32 Å². The maximum absolute atomic E-state index is 9.53. The lowest BCUT2D eigenvalue weighted by Crippen LogP contribution is -2.25. The first-order chi connectivity index (χ1) is 7.13. The Morgan fingerprint density at radius 3 is 2.93 bits per heavy atom. The summed E-state index contributed by atoms with van der Waals surface area (Å²) in [5.41, 5.74) is 0.797. The number of phenolic OH excluding ortho intramolecular Hbond substituents is 1. The van der Waals surface area contributed by atoms with E-state index in [-0.39, 0.29) is 11.9 Å². The van der Waals surface area contributed by atoms with Gasteiger partial charge in [-0.1, -0.05) is 11.6 Å². The number of ether oxygens (including phenoxy) is 1. The minimum absolute atomic E-state index is 0.159. The van der Waals surface area contributed by atoms with Crippen molar-refractivity contribution >= 4 is 11.6 Å². The van der Waals surface area contributed by atoms with E-state index >= 15 is 0 Å². The number of hydrogen-bond donors (Lipinski definition) is 2. The number of phenols is 1. The van der Waals surface area contributed by atoms with Crippen LogP contribution in [0.25, 0.3) is 0 Å². The standard InChI is InChI=1S/C11H16ClNO2/c1-8(15-2)6-13-7-9-5-10(12)3-4-11(9)14/h3-5,8,13-14H,6-7H2,1-2H3. The van der Waals surface area contributed by atoms with E-state index in [1.165, 1.54) is 0 Å². The highest BCUT2D eigenvalue weighted by molar-refractivity contribution is 6.30. The van der Waals surface area contributed by atoms with E-state index in [0.29, 0.717) is 11.6 Å². The van der Waals surface area contributed by atoms with Gasteiger partial charge < -0.3 is 15.2 Å². The van der Waals surface area contributed by atoms with E-state index in [9.17, 15) is 5.11 Å². The molecule has 15 heavy (non-hydrogen) atoms. The van der Waals surface area contributed by atoms with Gasteiger partial charge in [0.25, 0.3) is 0 Å². The molecule has 1 unspecified atom stereocenters. The van der Waals surface area contributed by atoms with Gasteiger partial charge in [0.1, 0.15) is 5.75 Å². The molecule has 84 valence electrons. The van der Waals surface area contributed by atoms with Crippen LogP contribution in [0, 0.1) is 0 Å². The van der Waals surface area contributed by atoms with Gasteiger partial charge in [0, 0.05) is 30.8 Å². The maximum Gasteiger partial charge on any atom is 0.120 e. The van der Waals surface area contributed by atoms with Crippen molar-refractivity contribution < 1.29 is 9.84 Å². The molecule has 4 heteroatoms. The van der Waals surface area contributed by atoms with Crippen molar-refractivity contribution in [2.75, 3.05) is 13.7 Å². The Kier molecular flexibility index (Phi) is 4.88. The van der Waals surface area contributed by atoms with Crippen molar-refractivity contribution in [1.82, 2.24) is 5.32 Å². The average molecular weight is 230 g/mol. The number of nitrogens with one attached hydrogen (secondary N) is 1. The summed E-state index contributed by atoms with van der Waals surface area (Å²) < 4.78 is 5.09. The van der Waals surface area contributed by atoms with E-state index in [1.807, 2.05) is 6.92 Å². The van der Waals surface area contributed by atoms with Crippen molar-refractivity contribution in [1.29, 1.82) is 0 Å². The van der Waals surface area contributed by atoms with Gasteiger partial charge in [0.05, 0.1) is 6.10 Å². The summed E-state index contributed by atoms with van der Waals surface area (Å²) in [6, 6.07) is 5.01. The molecule has 0 fully saturated rings. The van der Waals surface area contributed by atoms with Gasteiger partial charge >= 0.3 is 0 Å². The Hall–Kier alpha value is -0.770. The van der Waals surface area contributed by atoms with Gasteiger partial charge in [-0.25, -0.2) is 0 Å². The van der Waals surface area contributed by atoms with Crippen LogP contribution in [-0.2, 0) is 11.3 Å². The lowest BCUT2D eigenvalue weighted by Gasteiger charge is -2.11. The first kappa shape index (κ1) is 12.3. The van der Waals surface area contributed by atoms with Gasteiger partial charge in [0.2, 0.25) is 0 Å². The van der Waals surface area contributed by atoms with Gasteiger partial charge in [-0.15, -0.1) is 0 Å². The first-order valence-electron chi connectivity index (χ1n) is 4.84. The summed E-state index contributed by atoms with van der Waals surface area (Å²) in [7, 11) is 1.67. The smallest absolute Gasteiger partial charge is 0.120 e. The van der Waals surface area contributed by atoms with Crippen molar-refractivity contribution in [2.45, 2.75) is 19.6 Å². The molecule has 1 aromatic carbocycles. The van der Waals surface area contributed by atoms with Crippen LogP contribution in [0.2, 0.25) is 5.02 Å². The van der Waals surface area contributed by atoms with Crippen molar-refractivity contribution in [3.8, 4) is 5.75 Å². The lowest BCUT2D eigenvalue weighted by molar-refractivity contribution is 0.117. The summed E-state index contributed by atoms with van der Waals surface area (Å²) in [4.78, 5) is 0. The highest BCUT2D eigenvalue weighted by Gasteiger charge is 2.03. The van der Waals surface area contributed by atoms with Crippen LogP contribution in [0.4, 0.5) is 0 Å². The summed E-state index contributed by atoms with van der Waals surface area (Å²) in [6.45, 7) is 3.30. The van der Waals surface area contributed by atoms with Crippen molar-refractivity contribution in [3.05, 3.63) is 28.8 Å². The molecule has 0 saturated heterocycles. The van der Waals surface area contributed by atoms with Gasteiger partial charge in [-0.3, -0.25) is 0 Å². The van der Waals surface area contributed by atoms with Gasteiger partial charge in [-0.05, 0) is 25.1 Å². The quantitative estimate of drug-likeness (QED) is 0.813. The van der Waals surface area contributed by atoms with Crippen LogP contribution >= 0.6 is 11.6 Å². The maximum atomic E-state index is 9.53. The zero-order valence-electron chi connectivity index (χ0n) is 8.96. The SMILES string of the molecule is COC(C)CNCc1cc(Cl)ccc1O. The molecule has 0 aliphatic carbocycles. The van der Waals surface area contributed by atoms with Crippen LogP contribution in [0.3, 0.4) is 0 Å². The normalized spacial score (nSPS) is 12.7. The van der Waals surface area contributed by atoms with Crippen LogP contribution in [0.15, 0.2) is 18.2 Å². The fourth-order valence-corrected chi connectivity index (χ4v) is 1.38. The molecule has 0 heterocycles. The molecular formula is C11H16ClNO2. The van der Waals surface area contributed by atoms with Gasteiger partial charge in [-0.2, -0.15) is 0 Å². The molecular weight excluding hydrogens is 214 g/mol. The van der Waals surface area contributed by atoms with E-state index in [2.05, 4.69) is 5.32 Å². The molecule has 3 nitrogen and oxygen atoms in total. The number of benzene rings is 1. The molecule has 0 spiro atoms. The fourth-order valence-electron chi connectivity index (χ4n) is 1.19. The van der Waals surface area contributed by atoms with Crippen molar-refractivity contribution in [2.24, 2.45) is 0 Å². The second kappa shape index (κ2) is 5.95. The number of aromatic hydroxyl groups is 1. The highest BCUT2D eigenvalue weighted by Crippen LogP contribution is 2.20. The zero-order chi connectivity index (χ0) is 11.3. The second-order valence-corrected chi connectivity index (χ2v) is 3.89. The minimum Gasteiger partial charge on any atom is -0.508 e. The third-order valence-electron chi connectivity index (χ3n) is 2.19. The van der Waals surface area contributed by atoms with E-state index in [0.717, 1.165) is 12.1 Å². The van der Waals surface area contributed by atoms with Gasteiger partial charge in [0.15, 0.2) is 0 Å². The lowest BCUT2D eigenvalue weighted by atomic mass is 10.2. The van der Waals surface area contributed by atoms with Crippen LogP contribution in [0.5, 0.6) is 5.75 Å². The third kappa shape index (κ3) is 4.08. The number of hydrogen-bond acceptors (Lipinski definition) is 3. The summed E-state index contributed by atoms with van der Waals surface area (Å²) >= 11 is 5.82. The molecule has 0 saturated carbocycles. The number of rotatable bonds is 5. The molecule has 0 aliphatic rings. The fraction of sp³-hybridized carbons (Fsp3) is 0.455. The monoisotopic (exact) mass is 229 g/mol. The van der Waals surface area contributed by atoms with Crippen LogP contribution in [-0.4, -0.2) is 24.9 Å². The number of methoxy groups -OCH3 is 1. The van der Waals surface area contributed by atoms with Crippen LogP contribution in [0.1, 0.15) is 12.5 Å². The predicted octanol–water partition coefficient (Wildman–Crippen LogP) is 2.17. The first-order valence-corrected chi connectivity index (χ1v) is 5.22. The summed E-state index contributed by atoms with van der Waals surface area (Å²) in [6.07, 6.45) is 0.159. The summed E-state index contributed by atoms with van der Waals surface area (Å²) in [5, 5.41) is 13.3. The molecule has 0 aliphatic heterocycles. The van der Waals surface area contributed by atoms with E-state index in [4.69, 9.17) is 16.3 Å². The Morgan fingerprint density at radius 2 is 2.27 bits per heavy atom. The largest absolute Gasteiger partial charge is 0.508 e. The highest BCUT2D eigenvalue weighted by atomic mass is 35.5.